The van der Waals surface area contributed by atoms with Crippen LogP contribution in [0.15, 0.2) is 51.8 Å². The molecule has 2 aromatic rings. The van der Waals surface area contributed by atoms with Gasteiger partial charge in [0.2, 0.25) is 0 Å². The summed E-state index contributed by atoms with van der Waals surface area (Å²) in [7, 11) is -4.10. The molecule has 100 valence electrons. The molecular weight excluding hydrogens is 359 g/mol. The van der Waals surface area contributed by atoms with Crippen LogP contribution in [0.1, 0.15) is 0 Å². The van der Waals surface area contributed by atoms with Gasteiger partial charge in [-0.3, -0.25) is 0 Å². The van der Waals surface area contributed by atoms with Gasteiger partial charge in [0.1, 0.15) is 16.5 Å². The van der Waals surface area contributed by atoms with Crippen LogP contribution in [-0.2, 0) is 10.1 Å². The van der Waals surface area contributed by atoms with E-state index < -0.39 is 15.9 Å². The summed E-state index contributed by atoms with van der Waals surface area (Å²) in [5.41, 5.74) is 0. The second kappa shape index (κ2) is 5.48. The zero-order chi connectivity index (χ0) is 14.0. The molecule has 7 heteroatoms. The quantitative estimate of drug-likeness (QED) is 0.772. The molecule has 0 aliphatic rings. The molecule has 2 rings (SSSR count). The van der Waals surface area contributed by atoms with Crippen molar-refractivity contribution in [3.05, 3.63) is 57.8 Å². The SMILES string of the molecule is O=S(=O)(Oc1cccc(F)c1)c1ccc(Br)cc1Cl. The molecule has 19 heavy (non-hydrogen) atoms. The van der Waals surface area contributed by atoms with Gasteiger partial charge in [0.15, 0.2) is 0 Å². The van der Waals surface area contributed by atoms with E-state index in [4.69, 9.17) is 15.8 Å². The second-order valence-corrected chi connectivity index (χ2v) is 6.41. The predicted molar refractivity (Wildman–Crippen MR) is 73.4 cm³/mol. The van der Waals surface area contributed by atoms with Crippen LogP contribution in [-0.4, -0.2) is 8.42 Å². The Labute approximate surface area is 123 Å². The zero-order valence-electron chi connectivity index (χ0n) is 9.31. The number of hydrogen-bond donors (Lipinski definition) is 0. The summed E-state index contributed by atoms with van der Waals surface area (Å²) in [5, 5.41) is 0.0192. The van der Waals surface area contributed by atoms with E-state index >= 15 is 0 Å². The van der Waals surface area contributed by atoms with Crippen molar-refractivity contribution in [1.82, 2.24) is 0 Å². The van der Waals surface area contributed by atoms with Crippen LogP contribution >= 0.6 is 27.5 Å². The summed E-state index contributed by atoms with van der Waals surface area (Å²) in [6.07, 6.45) is 0. The van der Waals surface area contributed by atoms with Gasteiger partial charge in [-0.1, -0.05) is 33.6 Å². The number of rotatable bonds is 3. The van der Waals surface area contributed by atoms with Crippen molar-refractivity contribution in [1.29, 1.82) is 0 Å². The molecule has 0 fully saturated rings. The standard InChI is InChI=1S/C12H7BrClFO3S/c13-8-4-5-12(11(14)6-8)19(16,17)18-10-3-1-2-9(15)7-10/h1-7H. The third-order valence-electron chi connectivity index (χ3n) is 2.17. The fourth-order valence-corrected chi connectivity index (χ4v) is 3.30. The van der Waals surface area contributed by atoms with Crippen molar-refractivity contribution < 1.29 is 17.0 Å². The third-order valence-corrected chi connectivity index (χ3v) is 4.39. The smallest absolute Gasteiger partial charge is 0.340 e. The average Bonchev–Trinajstić information content (AvgIpc) is 2.27. The summed E-state index contributed by atoms with van der Waals surface area (Å²) in [5.74, 6) is -0.700. The molecule has 0 saturated carbocycles. The van der Waals surface area contributed by atoms with Gasteiger partial charge in [0.05, 0.1) is 5.02 Å². The summed E-state index contributed by atoms with van der Waals surface area (Å²) >= 11 is 9.02. The van der Waals surface area contributed by atoms with Gasteiger partial charge in [0.25, 0.3) is 0 Å². The topological polar surface area (TPSA) is 43.4 Å². The lowest BCUT2D eigenvalue weighted by Gasteiger charge is -2.08. The summed E-state index contributed by atoms with van der Waals surface area (Å²) in [4.78, 5) is -0.179. The Morgan fingerprint density at radius 2 is 1.89 bits per heavy atom. The van der Waals surface area contributed by atoms with Gasteiger partial charge in [0, 0.05) is 10.5 Å². The first-order valence-corrected chi connectivity index (χ1v) is 7.61. The highest BCUT2D eigenvalue weighted by Gasteiger charge is 2.20. The van der Waals surface area contributed by atoms with E-state index in [1.54, 1.807) is 0 Å². The van der Waals surface area contributed by atoms with Crippen LogP contribution in [0.4, 0.5) is 4.39 Å². The van der Waals surface area contributed by atoms with Crippen molar-refractivity contribution in [2.75, 3.05) is 0 Å². The molecule has 0 saturated heterocycles. The average molecular weight is 366 g/mol. The minimum Gasteiger partial charge on any atom is -0.379 e. The van der Waals surface area contributed by atoms with Gasteiger partial charge in [-0.05, 0) is 30.3 Å². The molecule has 0 aliphatic heterocycles. The predicted octanol–water partition coefficient (Wildman–Crippen LogP) is 4.01. The fraction of sp³-hybridized carbons (Fsp3) is 0. The molecule has 0 aromatic heterocycles. The zero-order valence-corrected chi connectivity index (χ0v) is 12.5. The second-order valence-electron chi connectivity index (χ2n) is 3.57. The Morgan fingerprint density at radius 1 is 1.16 bits per heavy atom. The van der Waals surface area contributed by atoms with Gasteiger partial charge in [-0.15, -0.1) is 0 Å². The summed E-state index contributed by atoms with van der Waals surface area (Å²) < 4.78 is 42.4. The number of hydrogen-bond acceptors (Lipinski definition) is 3. The van der Waals surface area contributed by atoms with Crippen LogP contribution in [0.3, 0.4) is 0 Å². The Morgan fingerprint density at radius 3 is 2.53 bits per heavy atom. The molecular formula is C12H7BrClFO3S. The fourth-order valence-electron chi connectivity index (χ4n) is 1.37. The highest BCUT2D eigenvalue weighted by molar-refractivity contribution is 9.10. The molecule has 0 heterocycles. The van der Waals surface area contributed by atoms with E-state index in [9.17, 15) is 12.8 Å². The van der Waals surface area contributed by atoms with Crippen molar-refractivity contribution >= 4 is 37.6 Å². The molecule has 2 aromatic carbocycles. The Bertz CT molecular complexity index is 719. The van der Waals surface area contributed by atoms with Crippen molar-refractivity contribution in [2.24, 2.45) is 0 Å². The molecule has 0 spiro atoms. The molecule has 0 amide bonds. The number of halogens is 3. The highest BCUT2D eigenvalue weighted by atomic mass is 79.9. The van der Waals surface area contributed by atoms with Crippen LogP contribution in [0.25, 0.3) is 0 Å². The lowest BCUT2D eigenvalue weighted by molar-refractivity contribution is 0.483. The third kappa shape index (κ3) is 3.46. The normalized spacial score (nSPS) is 11.3. The van der Waals surface area contributed by atoms with E-state index in [2.05, 4.69) is 15.9 Å². The summed E-state index contributed by atoms with van der Waals surface area (Å²) in [6, 6.07) is 9.12. The maximum atomic E-state index is 13.0. The van der Waals surface area contributed by atoms with Gasteiger partial charge in [-0.25, -0.2) is 4.39 Å². The molecule has 3 nitrogen and oxygen atoms in total. The Kier molecular flexibility index (Phi) is 4.13. The maximum Gasteiger partial charge on any atom is 0.340 e. The van der Waals surface area contributed by atoms with E-state index in [1.165, 1.54) is 36.4 Å². The van der Waals surface area contributed by atoms with Gasteiger partial charge in [-0.2, -0.15) is 8.42 Å². The van der Waals surface area contributed by atoms with E-state index in [-0.39, 0.29) is 15.7 Å². The first kappa shape index (κ1) is 14.3. The van der Waals surface area contributed by atoms with Crippen LogP contribution in [0.2, 0.25) is 5.02 Å². The lowest BCUT2D eigenvalue weighted by Crippen LogP contribution is -2.10. The van der Waals surface area contributed by atoms with Crippen LogP contribution in [0, 0.1) is 5.82 Å². The molecule has 0 radical (unpaired) electrons. The van der Waals surface area contributed by atoms with Gasteiger partial charge < -0.3 is 4.18 Å². The highest BCUT2D eigenvalue weighted by Crippen LogP contribution is 2.27. The van der Waals surface area contributed by atoms with E-state index in [1.807, 2.05) is 0 Å². The van der Waals surface area contributed by atoms with E-state index in [0.29, 0.717) is 4.47 Å². The molecule has 0 N–H and O–H groups in total. The maximum absolute atomic E-state index is 13.0. The van der Waals surface area contributed by atoms with Gasteiger partial charge >= 0.3 is 10.1 Å². The van der Waals surface area contributed by atoms with Crippen LogP contribution < -0.4 is 4.18 Å². The lowest BCUT2D eigenvalue weighted by atomic mass is 10.3. The van der Waals surface area contributed by atoms with Crippen molar-refractivity contribution in [3.63, 3.8) is 0 Å². The molecule has 0 atom stereocenters. The van der Waals surface area contributed by atoms with E-state index in [0.717, 1.165) is 6.07 Å². The Hall–Kier alpha value is -1.11. The Balaban J connectivity index is 2.38. The van der Waals surface area contributed by atoms with Crippen LogP contribution in [0.5, 0.6) is 5.75 Å². The van der Waals surface area contributed by atoms with Crippen molar-refractivity contribution in [2.45, 2.75) is 4.90 Å². The minimum absolute atomic E-state index is 0.0192. The first-order chi connectivity index (χ1) is 8.88. The molecule has 0 unspecified atom stereocenters. The number of benzene rings is 2. The molecule has 0 bridgehead atoms. The molecule has 0 aliphatic carbocycles. The first-order valence-electron chi connectivity index (χ1n) is 5.03. The minimum atomic E-state index is -4.10. The largest absolute Gasteiger partial charge is 0.379 e. The monoisotopic (exact) mass is 364 g/mol. The summed E-state index contributed by atoms with van der Waals surface area (Å²) in [6.45, 7) is 0. The van der Waals surface area contributed by atoms with Crippen molar-refractivity contribution in [3.8, 4) is 5.75 Å².